The summed E-state index contributed by atoms with van der Waals surface area (Å²) in [5.74, 6) is -2.37. The molecule has 0 spiro atoms. The molecule has 0 aromatic heterocycles. The third-order valence-corrected chi connectivity index (χ3v) is 10.3. The van der Waals surface area contributed by atoms with Gasteiger partial charge in [0.15, 0.2) is 5.54 Å². The number of fused-ring (bicyclic) bond motifs is 1. The number of hydrogen-bond donors (Lipinski definition) is 4. The van der Waals surface area contributed by atoms with Gasteiger partial charge in [-0.1, -0.05) is 12.1 Å². The number of amides is 4. The zero-order chi connectivity index (χ0) is 34.6. The number of rotatable bonds is 8. The van der Waals surface area contributed by atoms with E-state index < -0.39 is 92.7 Å². The number of aryl methyl sites for hydroxylation is 1. The Morgan fingerprint density at radius 3 is 2.26 bits per heavy atom. The van der Waals surface area contributed by atoms with E-state index in [0.29, 0.717) is 42.0 Å². The Kier molecular flexibility index (Phi) is 8.72. The molecular weight excluding hydrogens is 669 g/mol. The second-order valence-electron chi connectivity index (χ2n) is 11.4. The summed E-state index contributed by atoms with van der Waals surface area (Å²) < 4.78 is 129. The fraction of sp³-hybridized carbons (Fsp3) is 0.464. The number of nitrogens with zero attached hydrogens (tertiary/aromatic N) is 1. The number of aliphatic hydroxyl groups is 1. The number of carbonyl (C=O) groups excluding carboxylic acids is 3. The van der Waals surface area contributed by atoms with Gasteiger partial charge in [-0.15, -0.1) is 0 Å². The maximum atomic E-state index is 13.9. The number of urea groups is 1. The van der Waals surface area contributed by atoms with E-state index in [0.717, 1.165) is 24.3 Å². The first-order chi connectivity index (χ1) is 21.8. The monoisotopic (exact) mass is 696 g/mol. The molecule has 0 aliphatic carbocycles. The minimum atomic E-state index is -6.19. The molecule has 47 heavy (non-hydrogen) atoms. The van der Waals surface area contributed by atoms with Gasteiger partial charge in [0.1, 0.15) is 5.82 Å². The molecule has 19 heteroatoms. The van der Waals surface area contributed by atoms with Crippen LogP contribution in [0.4, 0.5) is 41.2 Å². The SMILES string of the molecule is O=C(CC1CCc2cc(C(O)(C(F)(F)F)C(F)(F)F)ccc2N1S(=O)(=O)c1ccc(F)cc1)NCC1(C2CCCO2)NC(=O)NC1=O. The zero-order valence-electron chi connectivity index (χ0n) is 24.0. The molecule has 0 bridgehead atoms. The topological polar surface area (TPSA) is 154 Å². The summed E-state index contributed by atoms with van der Waals surface area (Å²) in [6.07, 6.45) is -13.4. The number of carbonyl (C=O) groups is 3. The average Bonchev–Trinajstić information content (AvgIpc) is 3.62. The quantitative estimate of drug-likeness (QED) is 0.245. The van der Waals surface area contributed by atoms with Crippen LogP contribution in [0, 0.1) is 5.82 Å². The Balaban J connectivity index is 1.48. The number of hydrogen-bond acceptors (Lipinski definition) is 7. The standard InChI is InChI=1S/C28H27F7N4O7S/c29-17-5-8-19(9-6-17)47(44,45)39-18(13-22(40)36-14-25(21-2-1-11-46-21)23(41)37-24(42)38-25)7-3-15-12-16(4-10-20(15)39)26(43,27(30,31)32)28(33,34)35/h4-6,8-10,12,18,21,43H,1-3,7,11,13-14H2,(H,36,40)(H2,37,38,41,42). The number of alkyl halides is 6. The molecule has 3 heterocycles. The van der Waals surface area contributed by atoms with Crippen LogP contribution in [0.2, 0.25) is 0 Å². The van der Waals surface area contributed by atoms with Crippen LogP contribution in [0.1, 0.15) is 36.8 Å². The number of halogens is 7. The van der Waals surface area contributed by atoms with Crippen molar-refractivity contribution in [2.24, 2.45) is 0 Å². The molecule has 2 aromatic rings. The maximum Gasteiger partial charge on any atom is 0.430 e. The van der Waals surface area contributed by atoms with E-state index in [-0.39, 0.29) is 24.1 Å². The van der Waals surface area contributed by atoms with Crippen molar-refractivity contribution in [1.29, 1.82) is 0 Å². The lowest BCUT2D eigenvalue weighted by atomic mass is 9.87. The highest BCUT2D eigenvalue weighted by Gasteiger charge is 2.71. The van der Waals surface area contributed by atoms with Gasteiger partial charge in [0.25, 0.3) is 21.5 Å². The van der Waals surface area contributed by atoms with Gasteiger partial charge in [-0.25, -0.2) is 17.6 Å². The predicted molar refractivity (Wildman–Crippen MR) is 147 cm³/mol. The van der Waals surface area contributed by atoms with E-state index in [4.69, 9.17) is 4.74 Å². The van der Waals surface area contributed by atoms with E-state index in [2.05, 4.69) is 16.0 Å². The second kappa shape index (κ2) is 11.9. The fourth-order valence-corrected chi connectivity index (χ4v) is 7.76. The van der Waals surface area contributed by atoms with Gasteiger partial charge in [-0.2, -0.15) is 26.3 Å². The molecule has 3 atom stereocenters. The number of nitrogens with one attached hydrogen (secondary N) is 3. The van der Waals surface area contributed by atoms with Crippen molar-refractivity contribution in [3.63, 3.8) is 0 Å². The lowest BCUT2D eigenvalue weighted by molar-refractivity contribution is -0.376. The first-order valence-corrected chi connectivity index (χ1v) is 15.6. The van der Waals surface area contributed by atoms with Gasteiger partial charge >= 0.3 is 18.4 Å². The lowest BCUT2D eigenvalue weighted by Gasteiger charge is -2.39. The molecule has 2 aromatic carbocycles. The second-order valence-corrected chi connectivity index (χ2v) is 13.2. The van der Waals surface area contributed by atoms with E-state index in [1.54, 1.807) is 0 Å². The van der Waals surface area contributed by atoms with Crippen LogP contribution in [0.25, 0.3) is 0 Å². The summed E-state index contributed by atoms with van der Waals surface area (Å²) in [4.78, 5) is 37.4. The van der Waals surface area contributed by atoms with Gasteiger partial charge in [0.2, 0.25) is 5.91 Å². The largest absolute Gasteiger partial charge is 0.430 e. The molecule has 5 rings (SSSR count). The summed E-state index contributed by atoms with van der Waals surface area (Å²) in [6, 6.07) is 2.71. The van der Waals surface area contributed by atoms with Crippen LogP contribution in [0.3, 0.4) is 0 Å². The summed E-state index contributed by atoms with van der Waals surface area (Å²) in [7, 11) is -4.73. The van der Waals surface area contributed by atoms with Crippen molar-refractivity contribution >= 4 is 33.6 Å². The Hall–Kier alpha value is -3.97. The number of imide groups is 1. The molecule has 0 radical (unpaired) electrons. The minimum absolute atomic E-state index is 0.283. The van der Waals surface area contributed by atoms with E-state index >= 15 is 0 Å². The summed E-state index contributed by atoms with van der Waals surface area (Å²) in [5, 5.41) is 17.0. The highest BCUT2D eigenvalue weighted by atomic mass is 32.2. The van der Waals surface area contributed by atoms with Crippen LogP contribution in [0.15, 0.2) is 47.4 Å². The number of ether oxygens (including phenoxy) is 1. The van der Waals surface area contributed by atoms with Gasteiger partial charge in [0.05, 0.1) is 29.3 Å². The highest BCUT2D eigenvalue weighted by molar-refractivity contribution is 7.92. The molecule has 3 aliphatic rings. The van der Waals surface area contributed by atoms with Crippen molar-refractivity contribution < 1.29 is 63.4 Å². The Morgan fingerprint density at radius 1 is 1.04 bits per heavy atom. The first-order valence-electron chi connectivity index (χ1n) is 14.1. The normalized spacial score (nSPS) is 23.7. The van der Waals surface area contributed by atoms with Crippen molar-refractivity contribution in [2.45, 2.75) is 72.6 Å². The molecular formula is C28H27F7N4O7S. The lowest BCUT2D eigenvalue weighted by Crippen LogP contribution is -2.62. The minimum Gasteiger partial charge on any atom is -0.375 e. The first kappa shape index (κ1) is 34.4. The molecule has 0 saturated carbocycles. The van der Waals surface area contributed by atoms with Crippen molar-refractivity contribution in [1.82, 2.24) is 16.0 Å². The molecule has 256 valence electrons. The molecule has 11 nitrogen and oxygen atoms in total. The maximum absolute atomic E-state index is 13.9. The van der Waals surface area contributed by atoms with Crippen LogP contribution >= 0.6 is 0 Å². The Labute approximate surface area is 262 Å². The van der Waals surface area contributed by atoms with Gasteiger partial charge in [0, 0.05) is 18.6 Å². The number of sulfonamides is 1. The average molecular weight is 697 g/mol. The van der Waals surface area contributed by atoms with E-state index in [1.165, 1.54) is 0 Å². The number of anilines is 1. The van der Waals surface area contributed by atoms with Crippen LogP contribution in [-0.4, -0.2) is 74.6 Å². The summed E-state index contributed by atoms with van der Waals surface area (Å²) >= 11 is 0. The van der Waals surface area contributed by atoms with Gasteiger partial charge < -0.3 is 20.5 Å². The van der Waals surface area contributed by atoms with Crippen LogP contribution in [0.5, 0.6) is 0 Å². The highest BCUT2D eigenvalue weighted by Crippen LogP contribution is 2.51. The third kappa shape index (κ3) is 5.99. The predicted octanol–water partition coefficient (Wildman–Crippen LogP) is 2.91. The molecule has 3 unspecified atom stereocenters. The molecule has 4 N–H and O–H groups in total. The van der Waals surface area contributed by atoms with Crippen LogP contribution in [-0.2, 0) is 36.4 Å². The summed E-state index contributed by atoms with van der Waals surface area (Å²) in [6.45, 7) is -0.148. The van der Waals surface area contributed by atoms with Gasteiger partial charge in [-0.05, 0) is 61.6 Å². The van der Waals surface area contributed by atoms with Crippen molar-refractivity contribution in [3.8, 4) is 0 Å². The molecule has 4 amide bonds. The van der Waals surface area contributed by atoms with Crippen molar-refractivity contribution in [2.75, 3.05) is 17.5 Å². The summed E-state index contributed by atoms with van der Waals surface area (Å²) in [5.41, 5.74) is -9.20. The molecule has 3 aliphatic heterocycles. The van der Waals surface area contributed by atoms with E-state index in [9.17, 15) is 58.6 Å². The van der Waals surface area contributed by atoms with E-state index in [1.807, 2.05) is 0 Å². The number of benzene rings is 2. The zero-order valence-corrected chi connectivity index (χ0v) is 24.9. The Morgan fingerprint density at radius 2 is 1.70 bits per heavy atom. The third-order valence-electron chi connectivity index (χ3n) is 8.44. The van der Waals surface area contributed by atoms with Gasteiger partial charge in [-0.3, -0.25) is 19.2 Å². The molecule has 2 fully saturated rings. The van der Waals surface area contributed by atoms with Crippen LogP contribution < -0.4 is 20.3 Å². The smallest absolute Gasteiger partial charge is 0.375 e. The van der Waals surface area contributed by atoms with Crippen molar-refractivity contribution in [3.05, 3.63) is 59.4 Å². The molecule has 2 saturated heterocycles. The fourth-order valence-electron chi connectivity index (χ4n) is 6.04. The Bertz CT molecular complexity index is 1670.